The van der Waals surface area contributed by atoms with Gasteiger partial charge in [-0.25, -0.2) is 4.98 Å². The highest BCUT2D eigenvalue weighted by molar-refractivity contribution is 6.32. The van der Waals surface area contributed by atoms with Gasteiger partial charge in [-0.15, -0.1) is 0 Å². The molecule has 0 bridgehead atoms. The molecule has 0 spiro atoms. The zero-order valence-electron chi connectivity index (χ0n) is 18.4. The van der Waals surface area contributed by atoms with Gasteiger partial charge in [-0.3, -0.25) is 4.79 Å². The van der Waals surface area contributed by atoms with Crippen LogP contribution in [0.15, 0.2) is 48.5 Å². The molecule has 1 amide bonds. The van der Waals surface area contributed by atoms with E-state index in [1.807, 2.05) is 42.5 Å². The van der Waals surface area contributed by atoms with Crippen LogP contribution in [0.5, 0.6) is 5.75 Å². The number of hydrogen-bond donors (Lipinski definition) is 1. The van der Waals surface area contributed by atoms with E-state index in [1.54, 1.807) is 0 Å². The van der Waals surface area contributed by atoms with E-state index in [-0.39, 0.29) is 11.8 Å². The zero-order chi connectivity index (χ0) is 22.1. The summed E-state index contributed by atoms with van der Waals surface area (Å²) in [7, 11) is 0. The number of nitrogens with zero attached hydrogens (tertiary/aromatic N) is 2. The number of unbranched alkanes of at least 4 members (excludes halogenated alkanes) is 1. The third kappa shape index (κ3) is 6.23. The summed E-state index contributed by atoms with van der Waals surface area (Å²) >= 11 is 6.15. The highest BCUT2D eigenvalue weighted by Crippen LogP contribution is 2.23. The van der Waals surface area contributed by atoms with E-state index >= 15 is 0 Å². The fraction of sp³-hybridized carbons (Fsp3) is 0.440. The SMILES string of the molecule is CCC(CC)C(=O)NCCc1nc2ccccc2n1CCCCOc1ccccc1Cl. The highest BCUT2D eigenvalue weighted by atomic mass is 35.5. The van der Waals surface area contributed by atoms with Crippen LogP contribution in [0.4, 0.5) is 0 Å². The van der Waals surface area contributed by atoms with Gasteiger partial charge in [-0.1, -0.05) is 49.7 Å². The Kier molecular flexibility index (Phi) is 8.77. The first-order valence-electron chi connectivity index (χ1n) is 11.2. The van der Waals surface area contributed by atoms with Gasteiger partial charge in [0.25, 0.3) is 0 Å². The largest absolute Gasteiger partial charge is 0.492 e. The number of carbonyl (C=O) groups excluding carboxylic acids is 1. The van der Waals surface area contributed by atoms with Crippen molar-refractivity contribution in [1.82, 2.24) is 14.9 Å². The van der Waals surface area contributed by atoms with Crippen LogP contribution >= 0.6 is 11.6 Å². The summed E-state index contributed by atoms with van der Waals surface area (Å²) in [5.41, 5.74) is 2.13. The number of para-hydroxylation sites is 3. The summed E-state index contributed by atoms with van der Waals surface area (Å²) in [4.78, 5) is 17.1. The number of aryl methyl sites for hydroxylation is 1. The number of rotatable bonds is 12. The first-order chi connectivity index (χ1) is 15.1. The number of carbonyl (C=O) groups is 1. The smallest absolute Gasteiger partial charge is 0.223 e. The van der Waals surface area contributed by atoms with Crippen LogP contribution < -0.4 is 10.1 Å². The summed E-state index contributed by atoms with van der Waals surface area (Å²) in [6.45, 7) is 6.21. The molecular weight excluding hydrogens is 410 g/mol. The van der Waals surface area contributed by atoms with Crippen molar-refractivity contribution in [2.75, 3.05) is 13.2 Å². The van der Waals surface area contributed by atoms with Gasteiger partial charge < -0.3 is 14.6 Å². The van der Waals surface area contributed by atoms with Gasteiger partial charge in [0, 0.05) is 25.4 Å². The Morgan fingerprint density at radius 2 is 1.84 bits per heavy atom. The number of benzene rings is 2. The predicted octanol–water partition coefficient (Wildman–Crippen LogP) is 5.64. The van der Waals surface area contributed by atoms with Crippen LogP contribution in [0.25, 0.3) is 11.0 Å². The molecule has 3 aromatic rings. The van der Waals surface area contributed by atoms with Crippen LogP contribution in [-0.4, -0.2) is 28.6 Å². The molecule has 0 aliphatic rings. The Morgan fingerprint density at radius 1 is 1.10 bits per heavy atom. The zero-order valence-corrected chi connectivity index (χ0v) is 19.2. The van der Waals surface area contributed by atoms with Crippen molar-refractivity contribution in [1.29, 1.82) is 0 Å². The van der Waals surface area contributed by atoms with Gasteiger partial charge in [0.15, 0.2) is 0 Å². The van der Waals surface area contributed by atoms with Gasteiger partial charge in [-0.2, -0.15) is 0 Å². The lowest BCUT2D eigenvalue weighted by Crippen LogP contribution is -2.32. The van der Waals surface area contributed by atoms with Gasteiger partial charge in [0.1, 0.15) is 11.6 Å². The van der Waals surface area contributed by atoms with Crippen LogP contribution in [0.1, 0.15) is 45.4 Å². The third-order valence-electron chi connectivity index (χ3n) is 5.61. The minimum absolute atomic E-state index is 0.0944. The maximum absolute atomic E-state index is 12.3. The van der Waals surface area contributed by atoms with Gasteiger partial charge in [0.05, 0.1) is 22.7 Å². The molecule has 31 heavy (non-hydrogen) atoms. The average Bonchev–Trinajstić information content (AvgIpc) is 3.13. The highest BCUT2D eigenvalue weighted by Gasteiger charge is 2.15. The van der Waals surface area contributed by atoms with Crippen LogP contribution in [-0.2, 0) is 17.8 Å². The number of nitrogens with one attached hydrogen (secondary N) is 1. The quantitative estimate of drug-likeness (QED) is 0.370. The Balaban J connectivity index is 1.56. The molecule has 1 aromatic heterocycles. The number of imidazole rings is 1. The summed E-state index contributed by atoms with van der Waals surface area (Å²) in [5.74, 6) is 1.98. The second-order valence-electron chi connectivity index (χ2n) is 7.71. The van der Waals surface area contributed by atoms with Crippen molar-refractivity contribution < 1.29 is 9.53 Å². The van der Waals surface area contributed by atoms with E-state index in [0.29, 0.717) is 18.2 Å². The molecule has 0 aliphatic heterocycles. The number of ether oxygens (including phenoxy) is 1. The second-order valence-corrected chi connectivity index (χ2v) is 8.12. The minimum atomic E-state index is 0.0944. The molecule has 3 rings (SSSR count). The molecule has 0 aliphatic carbocycles. The molecule has 1 heterocycles. The van der Waals surface area contributed by atoms with Crippen molar-refractivity contribution in [2.45, 2.75) is 52.5 Å². The lowest BCUT2D eigenvalue weighted by molar-refractivity contribution is -0.125. The Morgan fingerprint density at radius 3 is 2.61 bits per heavy atom. The molecule has 0 saturated heterocycles. The fourth-order valence-corrected chi connectivity index (χ4v) is 3.97. The van der Waals surface area contributed by atoms with Crippen LogP contribution in [0, 0.1) is 5.92 Å². The second kappa shape index (κ2) is 11.8. The first-order valence-corrected chi connectivity index (χ1v) is 11.6. The topological polar surface area (TPSA) is 56.2 Å². The Bertz CT molecular complexity index is 982. The summed E-state index contributed by atoms with van der Waals surface area (Å²) < 4.78 is 8.08. The van der Waals surface area contributed by atoms with E-state index in [4.69, 9.17) is 21.3 Å². The van der Waals surface area contributed by atoms with Gasteiger partial charge in [0.2, 0.25) is 5.91 Å². The molecule has 6 heteroatoms. The third-order valence-corrected chi connectivity index (χ3v) is 5.92. The summed E-state index contributed by atoms with van der Waals surface area (Å²) in [6.07, 6.45) is 4.35. The Hall–Kier alpha value is -2.53. The molecule has 2 aromatic carbocycles. The summed E-state index contributed by atoms with van der Waals surface area (Å²) in [6, 6.07) is 15.7. The molecule has 0 radical (unpaired) electrons. The number of hydrogen-bond acceptors (Lipinski definition) is 3. The number of aromatic nitrogens is 2. The van der Waals surface area contributed by atoms with Crippen LogP contribution in [0.2, 0.25) is 5.02 Å². The van der Waals surface area contributed by atoms with E-state index in [2.05, 4.69) is 29.8 Å². The number of halogens is 1. The molecule has 0 saturated carbocycles. The molecule has 5 nitrogen and oxygen atoms in total. The van der Waals surface area contributed by atoms with E-state index in [0.717, 1.165) is 61.3 Å². The van der Waals surface area contributed by atoms with E-state index in [1.165, 1.54) is 0 Å². The monoisotopic (exact) mass is 441 g/mol. The number of fused-ring (bicyclic) bond motifs is 1. The van der Waals surface area contributed by atoms with E-state index in [9.17, 15) is 4.79 Å². The Labute approximate surface area is 189 Å². The summed E-state index contributed by atoms with van der Waals surface area (Å²) in [5, 5.41) is 3.72. The minimum Gasteiger partial charge on any atom is -0.492 e. The van der Waals surface area contributed by atoms with Gasteiger partial charge >= 0.3 is 0 Å². The maximum Gasteiger partial charge on any atom is 0.223 e. The fourth-order valence-electron chi connectivity index (χ4n) is 3.78. The van der Waals surface area contributed by atoms with Crippen molar-refractivity contribution in [3.63, 3.8) is 0 Å². The van der Waals surface area contributed by atoms with Crippen molar-refractivity contribution in [3.8, 4) is 5.75 Å². The lowest BCUT2D eigenvalue weighted by atomic mass is 10.0. The molecule has 1 N–H and O–H groups in total. The molecular formula is C25H32ClN3O2. The van der Waals surface area contributed by atoms with E-state index < -0.39 is 0 Å². The van der Waals surface area contributed by atoms with Crippen molar-refractivity contribution in [2.24, 2.45) is 5.92 Å². The molecule has 166 valence electrons. The lowest BCUT2D eigenvalue weighted by Gasteiger charge is -2.13. The molecule has 0 atom stereocenters. The molecule has 0 fully saturated rings. The maximum atomic E-state index is 12.3. The van der Waals surface area contributed by atoms with Crippen LogP contribution in [0.3, 0.4) is 0 Å². The molecule has 0 unspecified atom stereocenters. The predicted molar refractivity (Wildman–Crippen MR) is 127 cm³/mol. The normalized spacial score (nSPS) is 11.2. The van der Waals surface area contributed by atoms with Crippen molar-refractivity contribution in [3.05, 3.63) is 59.4 Å². The van der Waals surface area contributed by atoms with Gasteiger partial charge in [-0.05, 0) is 49.9 Å². The standard InChI is InChI=1S/C25H32ClN3O2/c1-3-19(4-2)25(30)27-16-15-24-28-21-12-6-7-13-22(21)29(24)17-9-10-18-31-23-14-8-5-11-20(23)26/h5-8,11-14,19H,3-4,9-10,15-18H2,1-2H3,(H,27,30). The number of amides is 1. The van der Waals surface area contributed by atoms with Crippen molar-refractivity contribution >= 4 is 28.5 Å². The average molecular weight is 442 g/mol. The first kappa shape index (κ1) is 23.1.